The molecule has 1 rings (SSSR count). The Hall–Kier alpha value is -1.93. The molecule has 0 fully saturated rings. The molecule has 100 valence electrons. The molecule has 3 N–H and O–H groups in total. The van der Waals surface area contributed by atoms with Gasteiger partial charge in [0.1, 0.15) is 0 Å². The third-order valence-corrected chi connectivity index (χ3v) is 1.96. The lowest BCUT2D eigenvalue weighted by Crippen LogP contribution is -2.41. The summed E-state index contributed by atoms with van der Waals surface area (Å²) in [5.74, 6) is -7.45. The highest BCUT2D eigenvalue weighted by atomic mass is 19.3. The number of halogens is 5. The molecular weight excluding hydrogens is 261 g/mol. The first-order chi connectivity index (χ1) is 8.25. The third-order valence-electron chi connectivity index (χ3n) is 1.96. The van der Waals surface area contributed by atoms with Crippen LogP contribution in [-0.4, -0.2) is 29.8 Å². The van der Waals surface area contributed by atoms with Crippen molar-refractivity contribution in [3.63, 3.8) is 0 Å². The van der Waals surface area contributed by atoms with Gasteiger partial charge in [-0.25, -0.2) is 18.2 Å². The third kappa shape index (κ3) is 3.05. The number of nitrogens with one attached hydrogen (secondary N) is 1. The molecule has 1 amide bonds. The van der Waals surface area contributed by atoms with Gasteiger partial charge in [0.15, 0.2) is 11.6 Å². The molecule has 0 aromatic carbocycles. The van der Waals surface area contributed by atoms with Gasteiger partial charge in [-0.15, -0.1) is 0 Å². The number of nitrogens with zero attached hydrogens (tertiary/aromatic N) is 1. The maximum atomic E-state index is 13.2. The van der Waals surface area contributed by atoms with Gasteiger partial charge in [-0.3, -0.25) is 4.79 Å². The highest BCUT2D eigenvalue weighted by Gasteiger charge is 2.41. The standard InChI is InChI=1S/C9H8F5N3O/c10-5-4(1-2-16-6(5)15)7(18)17-3-9(13,14)8(11)12/h1-2,8H,3H2,(H2,15,16)(H,17,18). The summed E-state index contributed by atoms with van der Waals surface area (Å²) in [4.78, 5) is 14.6. The zero-order valence-electron chi connectivity index (χ0n) is 8.76. The molecule has 0 saturated heterocycles. The molecule has 0 saturated carbocycles. The summed E-state index contributed by atoms with van der Waals surface area (Å²) < 4.78 is 61.9. The van der Waals surface area contributed by atoms with Crippen molar-refractivity contribution in [1.29, 1.82) is 0 Å². The van der Waals surface area contributed by atoms with E-state index in [1.807, 2.05) is 0 Å². The molecule has 0 bridgehead atoms. The summed E-state index contributed by atoms with van der Waals surface area (Å²) in [6, 6.07) is 0.890. The highest BCUT2D eigenvalue weighted by molar-refractivity contribution is 5.95. The molecule has 0 aliphatic carbocycles. The fourth-order valence-electron chi connectivity index (χ4n) is 1.01. The van der Waals surface area contributed by atoms with Crippen molar-refractivity contribution in [3.8, 4) is 0 Å². The molecule has 18 heavy (non-hydrogen) atoms. The molecule has 0 unspecified atom stereocenters. The van der Waals surface area contributed by atoms with Crippen molar-refractivity contribution in [1.82, 2.24) is 10.3 Å². The maximum absolute atomic E-state index is 13.2. The Bertz CT molecular complexity index is 452. The van der Waals surface area contributed by atoms with Gasteiger partial charge in [-0.05, 0) is 6.07 Å². The quantitative estimate of drug-likeness (QED) is 0.812. The minimum Gasteiger partial charge on any atom is -0.381 e. The number of hydrogen-bond donors (Lipinski definition) is 2. The molecule has 0 aliphatic rings. The van der Waals surface area contributed by atoms with Crippen LogP contribution < -0.4 is 11.1 Å². The van der Waals surface area contributed by atoms with Gasteiger partial charge in [0.2, 0.25) is 0 Å². The SMILES string of the molecule is Nc1nccc(C(=O)NCC(F)(F)C(F)F)c1F. The molecule has 0 radical (unpaired) electrons. The number of amides is 1. The lowest BCUT2D eigenvalue weighted by molar-refractivity contribution is -0.123. The summed E-state index contributed by atoms with van der Waals surface area (Å²) in [5, 5.41) is 1.50. The second-order valence-electron chi connectivity index (χ2n) is 3.30. The van der Waals surface area contributed by atoms with Crippen LogP contribution in [0.5, 0.6) is 0 Å². The number of rotatable bonds is 4. The van der Waals surface area contributed by atoms with Crippen LogP contribution in [0.15, 0.2) is 12.3 Å². The van der Waals surface area contributed by atoms with E-state index in [9.17, 15) is 26.7 Å². The Morgan fingerprint density at radius 1 is 1.50 bits per heavy atom. The van der Waals surface area contributed by atoms with E-state index in [-0.39, 0.29) is 0 Å². The van der Waals surface area contributed by atoms with E-state index < -0.39 is 42.0 Å². The van der Waals surface area contributed by atoms with Crippen LogP contribution in [0.2, 0.25) is 0 Å². The zero-order valence-corrected chi connectivity index (χ0v) is 8.76. The maximum Gasteiger partial charge on any atom is 0.324 e. The largest absolute Gasteiger partial charge is 0.381 e. The average molecular weight is 269 g/mol. The summed E-state index contributed by atoms with van der Waals surface area (Å²) in [6.45, 7) is -1.61. The normalized spacial score (nSPS) is 11.7. The number of carbonyl (C=O) groups excluding carboxylic acids is 1. The second-order valence-corrected chi connectivity index (χ2v) is 3.30. The second kappa shape index (κ2) is 5.15. The van der Waals surface area contributed by atoms with Crippen LogP contribution in [-0.2, 0) is 0 Å². The van der Waals surface area contributed by atoms with E-state index >= 15 is 0 Å². The van der Waals surface area contributed by atoms with E-state index in [1.165, 1.54) is 5.32 Å². The van der Waals surface area contributed by atoms with Crippen molar-refractivity contribution in [2.24, 2.45) is 0 Å². The summed E-state index contributed by atoms with van der Waals surface area (Å²) in [7, 11) is 0. The van der Waals surface area contributed by atoms with Crippen molar-refractivity contribution < 1.29 is 26.7 Å². The molecule has 9 heteroatoms. The fraction of sp³-hybridized carbons (Fsp3) is 0.333. The van der Waals surface area contributed by atoms with Crippen LogP contribution >= 0.6 is 0 Å². The Kier molecular flexibility index (Phi) is 4.04. The first-order valence-electron chi connectivity index (χ1n) is 4.60. The number of aromatic nitrogens is 1. The van der Waals surface area contributed by atoms with E-state index in [1.54, 1.807) is 0 Å². The molecule has 0 aliphatic heterocycles. The van der Waals surface area contributed by atoms with Crippen molar-refractivity contribution >= 4 is 11.7 Å². The molecule has 1 aromatic heterocycles. The highest BCUT2D eigenvalue weighted by Crippen LogP contribution is 2.21. The number of pyridine rings is 1. The first kappa shape index (κ1) is 14.1. The Labute approximate surface area is 98.0 Å². The van der Waals surface area contributed by atoms with E-state index in [0.29, 0.717) is 0 Å². The van der Waals surface area contributed by atoms with Gasteiger partial charge in [-0.1, -0.05) is 0 Å². The average Bonchev–Trinajstić information content (AvgIpc) is 2.29. The Morgan fingerprint density at radius 3 is 2.67 bits per heavy atom. The van der Waals surface area contributed by atoms with Crippen molar-refractivity contribution in [3.05, 3.63) is 23.6 Å². The van der Waals surface area contributed by atoms with E-state index in [0.717, 1.165) is 12.3 Å². The predicted molar refractivity (Wildman–Crippen MR) is 51.9 cm³/mol. The number of nitrogens with two attached hydrogens (primary N) is 1. The number of alkyl halides is 4. The van der Waals surface area contributed by atoms with Gasteiger partial charge in [-0.2, -0.15) is 8.78 Å². The minimum atomic E-state index is -4.38. The Balaban J connectivity index is 2.75. The monoisotopic (exact) mass is 269 g/mol. The van der Waals surface area contributed by atoms with Crippen molar-refractivity contribution in [2.75, 3.05) is 12.3 Å². The fourth-order valence-corrected chi connectivity index (χ4v) is 1.01. The minimum absolute atomic E-state index is 0.594. The van der Waals surface area contributed by atoms with Gasteiger partial charge < -0.3 is 11.1 Å². The molecule has 0 spiro atoms. The molecular formula is C9H8F5N3O. The summed E-state index contributed by atoms with van der Waals surface area (Å²) >= 11 is 0. The predicted octanol–water partition coefficient (Wildman–Crippen LogP) is 1.43. The van der Waals surface area contributed by atoms with Gasteiger partial charge in [0, 0.05) is 6.20 Å². The molecule has 1 aromatic rings. The lowest BCUT2D eigenvalue weighted by Gasteiger charge is -2.15. The lowest BCUT2D eigenvalue weighted by atomic mass is 10.2. The zero-order chi connectivity index (χ0) is 13.9. The smallest absolute Gasteiger partial charge is 0.324 e. The summed E-state index contributed by atoms with van der Waals surface area (Å²) in [5.41, 5.74) is 4.41. The topological polar surface area (TPSA) is 68.0 Å². The number of anilines is 1. The van der Waals surface area contributed by atoms with E-state index in [4.69, 9.17) is 5.73 Å². The van der Waals surface area contributed by atoms with Gasteiger partial charge in [0.05, 0.1) is 12.1 Å². The first-order valence-corrected chi connectivity index (χ1v) is 4.60. The van der Waals surface area contributed by atoms with Crippen LogP contribution in [0.4, 0.5) is 27.8 Å². The number of nitrogen functional groups attached to an aromatic ring is 1. The summed E-state index contributed by atoms with van der Waals surface area (Å²) in [6.07, 6.45) is -2.94. The van der Waals surface area contributed by atoms with Gasteiger partial charge >= 0.3 is 12.3 Å². The van der Waals surface area contributed by atoms with Crippen molar-refractivity contribution in [2.45, 2.75) is 12.3 Å². The van der Waals surface area contributed by atoms with Crippen LogP contribution in [0, 0.1) is 5.82 Å². The van der Waals surface area contributed by atoms with E-state index in [2.05, 4.69) is 4.98 Å². The van der Waals surface area contributed by atoms with Crippen LogP contribution in [0.25, 0.3) is 0 Å². The van der Waals surface area contributed by atoms with Crippen LogP contribution in [0.1, 0.15) is 10.4 Å². The Morgan fingerprint density at radius 2 is 2.11 bits per heavy atom. The molecule has 0 atom stereocenters. The molecule has 1 heterocycles. The number of carbonyl (C=O) groups is 1. The van der Waals surface area contributed by atoms with Crippen LogP contribution in [0.3, 0.4) is 0 Å². The number of hydrogen-bond acceptors (Lipinski definition) is 3. The van der Waals surface area contributed by atoms with Gasteiger partial charge in [0.25, 0.3) is 5.91 Å². The molecule has 4 nitrogen and oxygen atoms in total.